The predicted molar refractivity (Wildman–Crippen MR) is 49.7 cm³/mol. The third kappa shape index (κ3) is 2.23. The molecule has 0 aliphatic rings. The fraction of sp³-hybridized carbons (Fsp3) is 0.222. The second-order valence-corrected chi connectivity index (χ2v) is 2.94. The second kappa shape index (κ2) is 4.53. The van der Waals surface area contributed by atoms with Crippen LogP contribution in [-0.2, 0) is 11.2 Å². The Kier molecular flexibility index (Phi) is 3.35. The first kappa shape index (κ1) is 11.8. The molecule has 0 aromatic carbocycles. The minimum Gasteiger partial charge on any atom is -0.481 e. The van der Waals surface area contributed by atoms with E-state index < -0.39 is 35.8 Å². The molecule has 84 valence electrons. The molecule has 7 heteroatoms. The average molecular weight is 227 g/mol. The fourth-order valence-corrected chi connectivity index (χ4v) is 1.23. The van der Waals surface area contributed by atoms with Gasteiger partial charge in [0.05, 0.1) is 17.5 Å². The van der Waals surface area contributed by atoms with Gasteiger partial charge in [-0.15, -0.1) is 0 Å². The Labute approximate surface area is 89.1 Å². The highest BCUT2D eigenvalue weighted by molar-refractivity contribution is 5.72. The van der Waals surface area contributed by atoms with Gasteiger partial charge in [0, 0.05) is 6.20 Å². The van der Waals surface area contributed by atoms with Crippen molar-refractivity contribution in [2.24, 2.45) is 0 Å². The molecular weight excluding hydrogens is 220 g/mol. The topological polar surface area (TPSA) is 100 Å². The number of carboxylic acid groups (broad SMARTS) is 1. The summed E-state index contributed by atoms with van der Waals surface area (Å²) in [7, 11) is 0. The van der Waals surface area contributed by atoms with Gasteiger partial charge in [0.1, 0.15) is 11.9 Å². The van der Waals surface area contributed by atoms with Crippen LogP contribution in [0.4, 0.5) is 14.6 Å². The van der Waals surface area contributed by atoms with E-state index in [9.17, 15) is 13.6 Å². The monoisotopic (exact) mass is 227 g/mol. The van der Waals surface area contributed by atoms with E-state index in [4.69, 9.17) is 16.1 Å². The van der Waals surface area contributed by atoms with Gasteiger partial charge in [-0.1, -0.05) is 0 Å². The highest BCUT2D eigenvalue weighted by Crippen LogP contribution is 2.29. The molecule has 0 atom stereocenters. The number of alkyl halides is 2. The first-order chi connectivity index (χ1) is 7.47. The number of carboxylic acids is 1. The number of rotatable bonds is 3. The first-order valence-electron chi connectivity index (χ1n) is 4.14. The van der Waals surface area contributed by atoms with Crippen LogP contribution in [-0.4, -0.2) is 16.1 Å². The van der Waals surface area contributed by atoms with E-state index in [2.05, 4.69) is 4.98 Å². The SMILES string of the molecule is N#Cc1c(CC(=O)O)cnc(N)c1C(F)F. The Morgan fingerprint density at radius 1 is 1.69 bits per heavy atom. The summed E-state index contributed by atoms with van der Waals surface area (Å²) in [5.74, 6) is -1.69. The molecule has 3 N–H and O–H groups in total. The van der Waals surface area contributed by atoms with Gasteiger partial charge in [-0.2, -0.15) is 5.26 Å². The first-order valence-corrected chi connectivity index (χ1v) is 4.14. The van der Waals surface area contributed by atoms with Gasteiger partial charge in [0.2, 0.25) is 0 Å². The maximum atomic E-state index is 12.6. The number of hydrogen-bond donors (Lipinski definition) is 2. The molecular formula is C9H7F2N3O2. The molecule has 0 amide bonds. The Balaban J connectivity index is 3.38. The summed E-state index contributed by atoms with van der Waals surface area (Å²) in [6.45, 7) is 0. The molecule has 1 aromatic heterocycles. The van der Waals surface area contributed by atoms with Crippen LogP contribution in [0.1, 0.15) is 23.1 Å². The maximum Gasteiger partial charge on any atom is 0.307 e. The zero-order valence-electron chi connectivity index (χ0n) is 7.94. The van der Waals surface area contributed by atoms with Crippen LogP contribution < -0.4 is 5.73 Å². The average Bonchev–Trinajstić information content (AvgIpc) is 2.18. The molecule has 0 fully saturated rings. The van der Waals surface area contributed by atoms with Crippen LogP contribution in [0.25, 0.3) is 0 Å². The maximum absolute atomic E-state index is 12.6. The third-order valence-electron chi connectivity index (χ3n) is 1.90. The van der Waals surface area contributed by atoms with Gasteiger partial charge in [0.25, 0.3) is 6.43 Å². The van der Waals surface area contributed by atoms with E-state index in [-0.39, 0.29) is 5.56 Å². The molecule has 0 aliphatic heterocycles. The number of aliphatic carboxylic acids is 1. The summed E-state index contributed by atoms with van der Waals surface area (Å²) < 4.78 is 25.1. The van der Waals surface area contributed by atoms with Crippen molar-refractivity contribution >= 4 is 11.8 Å². The Morgan fingerprint density at radius 3 is 2.75 bits per heavy atom. The number of nitrogen functional groups attached to an aromatic ring is 1. The summed E-state index contributed by atoms with van der Waals surface area (Å²) in [5.41, 5.74) is 4.02. The van der Waals surface area contributed by atoms with Gasteiger partial charge < -0.3 is 10.8 Å². The van der Waals surface area contributed by atoms with Crippen LogP contribution in [0, 0.1) is 11.3 Å². The van der Waals surface area contributed by atoms with Crippen LogP contribution in [0.3, 0.4) is 0 Å². The molecule has 0 spiro atoms. The number of aromatic nitrogens is 1. The van der Waals surface area contributed by atoms with Crippen molar-refractivity contribution in [2.75, 3.05) is 5.73 Å². The van der Waals surface area contributed by atoms with E-state index in [0.29, 0.717) is 0 Å². The lowest BCUT2D eigenvalue weighted by Gasteiger charge is -2.09. The van der Waals surface area contributed by atoms with E-state index in [0.717, 1.165) is 6.20 Å². The number of pyridine rings is 1. The number of nitriles is 1. The molecule has 16 heavy (non-hydrogen) atoms. The zero-order chi connectivity index (χ0) is 12.3. The zero-order valence-corrected chi connectivity index (χ0v) is 7.94. The van der Waals surface area contributed by atoms with Crippen molar-refractivity contribution in [1.82, 2.24) is 4.98 Å². The Bertz CT molecular complexity index is 469. The number of nitrogens with zero attached hydrogens (tertiary/aromatic N) is 2. The molecule has 0 saturated heterocycles. The molecule has 0 saturated carbocycles. The summed E-state index contributed by atoms with van der Waals surface area (Å²) in [6.07, 6.45) is -2.49. The van der Waals surface area contributed by atoms with E-state index in [1.54, 1.807) is 0 Å². The molecule has 1 heterocycles. The molecule has 0 bridgehead atoms. The number of carbonyl (C=O) groups is 1. The minimum atomic E-state index is -2.96. The van der Waals surface area contributed by atoms with Gasteiger partial charge in [-0.3, -0.25) is 4.79 Å². The van der Waals surface area contributed by atoms with Crippen LogP contribution in [0.2, 0.25) is 0 Å². The van der Waals surface area contributed by atoms with Crippen LogP contribution in [0.15, 0.2) is 6.20 Å². The minimum absolute atomic E-state index is 0.0699. The normalized spacial score (nSPS) is 10.1. The van der Waals surface area contributed by atoms with E-state index >= 15 is 0 Å². The highest BCUT2D eigenvalue weighted by atomic mass is 19.3. The van der Waals surface area contributed by atoms with Crippen molar-refractivity contribution in [3.63, 3.8) is 0 Å². The van der Waals surface area contributed by atoms with Crippen molar-refractivity contribution in [1.29, 1.82) is 5.26 Å². The standard InChI is InChI=1S/C9H7F2N3O2/c10-8(11)7-5(2-12)4(1-6(15)16)3-14-9(7)13/h3,8H,1H2,(H2,13,14)(H,15,16). The highest BCUT2D eigenvalue weighted by Gasteiger charge is 2.21. The Morgan fingerprint density at radius 2 is 2.31 bits per heavy atom. The summed E-state index contributed by atoms with van der Waals surface area (Å²) in [5, 5.41) is 17.3. The van der Waals surface area contributed by atoms with Crippen molar-refractivity contribution in [3.8, 4) is 6.07 Å². The van der Waals surface area contributed by atoms with E-state index in [1.165, 1.54) is 6.07 Å². The molecule has 0 unspecified atom stereocenters. The van der Waals surface area contributed by atoms with Crippen molar-refractivity contribution in [3.05, 3.63) is 22.9 Å². The summed E-state index contributed by atoms with van der Waals surface area (Å²) >= 11 is 0. The second-order valence-electron chi connectivity index (χ2n) is 2.94. The van der Waals surface area contributed by atoms with Gasteiger partial charge >= 0.3 is 5.97 Å². The molecule has 5 nitrogen and oxygen atoms in total. The number of anilines is 1. The van der Waals surface area contributed by atoms with Crippen LogP contribution >= 0.6 is 0 Å². The third-order valence-corrected chi connectivity index (χ3v) is 1.90. The fourth-order valence-electron chi connectivity index (χ4n) is 1.23. The number of halogens is 2. The van der Waals surface area contributed by atoms with E-state index in [1.807, 2.05) is 0 Å². The van der Waals surface area contributed by atoms with Gasteiger partial charge in [-0.25, -0.2) is 13.8 Å². The smallest absolute Gasteiger partial charge is 0.307 e. The molecule has 0 aliphatic carbocycles. The lowest BCUT2D eigenvalue weighted by atomic mass is 10.0. The van der Waals surface area contributed by atoms with Gasteiger partial charge in [-0.05, 0) is 5.56 Å². The quantitative estimate of drug-likeness (QED) is 0.805. The Hall–Kier alpha value is -2.23. The number of hydrogen-bond acceptors (Lipinski definition) is 4. The summed E-state index contributed by atoms with van der Waals surface area (Å²) in [6, 6.07) is 1.53. The lowest BCUT2D eigenvalue weighted by molar-refractivity contribution is -0.136. The van der Waals surface area contributed by atoms with Crippen molar-refractivity contribution < 1.29 is 18.7 Å². The predicted octanol–water partition coefficient (Wildman–Crippen LogP) is 1.10. The largest absolute Gasteiger partial charge is 0.481 e. The van der Waals surface area contributed by atoms with Crippen LogP contribution in [0.5, 0.6) is 0 Å². The lowest BCUT2D eigenvalue weighted by Crippen LogP contribution is -2.09. The molecule has 1 aromatic rings. The number of nitrogens with two attached hydrogens (primary N) is 1. The summed E-state index contributed by atoms with van der Waals surface area (Å²) in [4.78, 5) is 13.9. The molecule has 1 rings (SSSR count). The van der Waals surface area contributed by atoms with Crippen molar-refractivity contribution in [2.45, 2.75) is 12.8 Å². The van der Waals surface area contributed by atoms with Gasteiger partial charge in [0.15, 0.2) is 0 Å². The molecule has 0 radical (unpaired) electrons.